The molecule has 0 unspecified atom stereocenters. The van der Waals surface area contributed by atoms with Crippen LogP contribution in [0.25, 0.3) is 5.69 Å². The van der Waals surface area contributed by atoms with Crippen LogP contribution in [0.5, 0.6) is 11.5 Å². The SMILES string of the molecule is CCOc1ccc(NC(=O)CSc2nnc(COc3ccccc3C)n2-c2ccccc2)cc1. The van der Waals surface area contributed by atoms with E-state index in [2.05, 4.69) is 15.5 Å². The van der Waals surface area contributed by atoms with Crippen molar-refractivity contribution in [1.29, 1.82) is 0 Å². The second kappa shape index (κ2) is 11.4. The van der Waals surface area contributed by atoms with Gasteiger partial charge >= 0.3 is 0 Å². The Kier molecular flexibility index (Phi) is 7.83. The van der Waals surface area contributed by atoms with Crippen LogP contribution in [0.4, 0.5) is 5.69 Å². The molecule has 34 heavy (non-hydrogen) atoms. The van der Waals surface area contributed by atoms with Gasteiger partial charge in [-0.2, -0.15) is 0 Å². The first kappa shape index (κ1) is 23.4. The van der Waals surface area contributed by atoms with E-state index in [1.54, 1.807) is 0 Å². The van der Waals surface area contributed by atoms with Gasteiger partial charge in [-0.05, 0) is 61.9 Å². The average molecular weight is 475 g/mol. The van der Waals surface area contributed by atoms with E-state index in [1.165, 1.54) is 11.8 Å². The van der Waals surface area contributed by atoms with Gasteiger partial charge in [0, 0.05) is 11.4 Å². The molecule has 1 heterocycles. The minimum Gasteiger partial charge on any atom is -0.494 e. The molecule has 1 amide bonds. The largest absolute Gasteiger partial charge is 0.494 e. The van der Waals surface area contributed by atoms with Crippen LogP contribution in [0, 0.1) is 6.92 Å². The maximum atomic E-state index is 12.6. The summed E-state index contributed by atoms with van der Waals surface area (Å²) in [5, 5.41) is 12.2. The number of amides is 1. The average Bonchev–Trinajstić information content (AvgIpc) is 3.27. The number of anilines is 1. The number of carbonyl (C=O) groups is 1. The molecule has 8 heteroatoms. The number of hydrogen-bond acceptors (Lipinski definition) is 6. The Morgan fingerprint density at radius 2 is 1.68 bits per heavy atom. The first-order valence-corrected chi connectivity index (χ1v) is 12.0. The molecule has 4 aromatic rings. The number of thioether (sulfide) groups is 1. The number of rotatable bonds is 10. The van der Waals surface area contributed by atoms with E-state index in [1.807, 2.05) is 97.3 Å². The summed E-state index contributed by atoms with van der Waals surface area (Å²) < 4.78 is 13.4. The molecular formula is C26H26N4O3S. The molecule has 3 aromatic carbocycles. The summed E-state index contributed by atoms with van der Waals surface area (Å²) in [5.74, 6) is 2.29. The standard InChI is InChI=1S/C26H26N4O3S/c1-3-32-22-15-13-20(14-16-22)27-25(31)18-34-26-29-28-24(30(26)21-10-5-4-6-11-21)17-33-23-12-8-7-9-19(23)2/h4-16H,3,17-18H2,1-2H3,(H,27,31). The zero-order chi connectivity index (χ0) is 23.8. The lowest BCUT2D eigenvalue weighted by molar-refractivity contribution is -0.113. The fourth-order valence-electron chi connectivity index (χ4n) is 3.31. The van der Waals surface area contributed by atoms with Crippen LogP contribution in [-0.4, -0.2) is 33.0 Å². The molecule has 7 nitrogen and oxygen atoms in total. The molecule has 0 fully saturated rings. The van der Waals surface area contributed by atoms with Crippen molar-refractivity contribution in [3.63, 3.8) is 0 Å². The first-order chi connectivity index (χ1) is 16.6. The Morgan fingerprint density at radius 1 is 0.941 bits per heavy atom. The highest BCUT2D eigenvalue weighted by Crippen LogP contribution is 2.24. The van der Waals surface area contributed by atoms with Gasteiger partial charge in [-0.3, -0.25) is 9.36 Å². The molecule has 4 rings (SSSR count). The number of hydrogen-bond donors (Lipinski definition) is 1. The van der Waals surface area contributed by atoms with Gasteiger partial charge in [-0.15, -0.1) is 10.2 Å². The van der Waals surface area contributed by atoms with Crippen molar-refractivity contribution in [1.82, 2.24) is 14.8 Å². The summed E-state index contributed by atoms with van der Waals surface area (Å²) in [6.45, 7) is 4.79. The fraction of sp³-hybridized carbons (Fsp3) is 0.192. The van der Waals surface area contributed by atoms with E-state index in [4.69, 9.17) is 9.47 Å². The number of para-hydroxylation sites is 2. The second-order valence-corrected chi connectivity index (χ2v) is 8.36. The van der Waals surface area contributed by atoms with Crippen molar-refractivity contribution >= 4 is 23.4 Å². The maximum Gasteiger partial charge on any atom is 0.234 e. The van der Waals surface area contributed by atoms with Gasteiger partial charge < -0.3 is 14.8 Å². The van der Waals surface area contributed by atoms with Crippen molar-refractivity contribution in [2.24, 2.45) is 0 Å². The number of ether oxygens (including phenoxy) is 2. The molecule has 0 atom stereocenters. The Balaban J connectivity index is 1.45. The molecule has 1 N–H and O–H groups in total. The van der Waals surface area contributed by atoms with Crippen LogP contribution in [0.15, 0.2) is 84.0 Å². The topological polar surface area (TPSA) is 78.3 Å². The lowest BCUT2D eigenvalue weighted by Crippen LogP contribution is -2.14. The van der Waals surface area contributed by atoms with Crippen LogP contribution >= 0.6 is 11.8 Å². The minimum atomic E-state index is -0.130. The molecule has 0 aliphatic heterocycles. The van der Waals surface area contributed by atoms with Crippen LogP contribution in [0.1, 0.15) is 18.3 Å². The van der Waals surface area contributed by atoms with Gasteiger partial charge in [0.1, 0.15) is 18.1 Å². The molecule has 0 bridgehead atoms. The first-order valence-electron chi connectivity index (χ1n) is 11.0. The van der Waals surface area contributed by atoms with Crippen molar-refractivity contribution in [2.75, 3.05) is 17.7 Å². The maximum absolute atomic E-state index is 12.6. The minimum absolute atomic E-state index is 0.130. The van der Waals surface area contributed by atoms with Crippen molar-refractivity contribution in [3.05, 3.63) is 90.3 Å². The third-order valence-electron chi connectivity index (χ3n) is 4.95. The zero-order valence-corrected chi connectivity index (χ0v) is 19.9. The molecule has 0 aliphatic carbocycles. The van der Waals surface area contributed by atoms with Gasteiger partial charge in [0.15, 0.2) is 11.0 Å². The summed E-state index contributed by atoms with van der Waals surface area (Å²) in [6, 6.07) is 25.0. The van der Waals surface area contributed by atoms with E-state index in [9.17, 15) is 4.79 Å². The van der Waals surface area contributed by atoms with E-state index >= 15 is 0 Å². The predicted octanol–water partition coefficient (Wildman–Crippen LogP) is 5.28. The lowest BCUT2D eigenvalue weighted by atomic mass is 10.2. The van der Waals surface area contributed by atoms with Crippen molar-refractivity contribution < 1.29 is 14.3 Å². The number of aromatic nitrogens is 3. The van der Waals surface area contributed by atoms with Crippen LogP contribution < -0.4 is 14.8 Å². The fourth-order valence-corrected chi connectivity index (χ4v) is 4.08. The highest BCUT2D eigenvalue weighted by atomic mass is 32.2. The quantitative estimate of drug-likeness (QED) is 0.315. The van der Waals surface area contributed by atoms with E-state index in [-0.39, 0.29) is 18.3 Å². The molecular weight excluding hydrogens is 448 g/mol. The smallest absolute Gasteiger partial charge is 0.234 e. The highest BCUT2D eigenvalue weighted by molar-refractivity contribution is 7.99. The van der Waals surface area contributed by atoms with Crippen molar-refractivity contribution in [2.45, 2.75) is 25.6 Å². The number of nitrogens with one attached hydrogen (secondary N) is 1. The Labute approximate surface area is 203 Å². The summed E-state index contributed by atoms with van der Waals surface area (Å²) in [7, 11) is 0. The normalized spacial score (nSPS) is 10.6. The van der Waals surface area contributed by atoms with Crippen LogP contribution in [-0.2, 0) is 11.4 Å². The zero-order valence-electron chi connectivity index (χ0n) is 19.1. The Morgan fingerprint density at radius 3 is 2.41 bits per heavy atom. The van der Waals surface area contributed by atoms with E-state index < -0.39 is 0 Å². The molecule has 0 aliphatic rings. The molecule has 1 aromatic heterocycles. The van der Waals surface area contributed by atoms with Gasteiger partial charge in [0.05, 0.1) is 12.4 Å². The highest BCUT2D eigenvalue weighted by Gasteiger charge is 2.17. The van der Waals surface area contributed by atoms with Crippen LogP contribution in [0.3, 0.4) is 0 Å². The summed E-state index contributed by atoms with van der Waals surface area (Å²) >= 11 is 1.32. The van der Waals surface area contributed by atoms with Crippen molar-refractivity contribution in [3.8, 4) is 17.2 Å². The third-order valence-corrected chi connectivity index (χ3v) is 5.88. The molecule has 0 saturated carbocycles. The Hall–Kier alpha value is -3.78. The lowest BCUT2D eigenvalue weighted by Gasteiger charge is -2.12. The predicted molar refractivity (Wildman–Crippen MR) is 134 cm³/mol. The molecule has 174 valence electrons. The molecule has 0 spiro atoms. The molecule has 0 saturated heterocycles. The van der Waals surface area contributed by atoms with Gasteiger partial charge in [0.25, 0.3) is 0 Å². The second-order valence-electron chi connectivity index (χ2n) is 7.42. The molecule has 0 radical (unpaired) electrons. The number of aryl methyl sites for hydroxylation is 1. The Bertz CT molecular complexity index is 1230. The van der Waals surface area contributed by atoms with E-state index in [0.29, 0.717) is 23.3 Å². The summed E-state index contributed by atoms with van der Waals surface area (Å²) in [6.07, 6.45) is 0. The van der Waals surface area contributed by atoms with E-state index in [0.717, 1.165) is 22.7 Å². The van der Waals surface area contributed by atoms with Gasteiger partial charge in [0.2, 0.25) is 5.91 Å². The number of nitrogens with zero attached hydrogens (tertiary/aromatic N) is 3. The number of carbonyl (C=O) groups excluding carboxylic acids is 1. The summed E-state index contributed by atoms with van der Waals surface area (Å²) in [5.41, 5.74) is 2.67. The third kappa shape index (κ3) is 5.96. The number of benzene rings is 3. The van der Waals surface area contributed by atoms with Gasteiger partial charge in [-0.25, -0.2) is 0 Å². The summed E-state index contributed by atoms with van der Waals surface area (Å²) in [4.78, 5) is 12.6. The monoisotopic (exact) mass is 474 g/mol. The van der Waals surface area contributed by atoms with Gasteiger partial charge in [-0.1, -0.05) is 48.2 Å². The van der Waals surface area contributed by atoms with Crippen LogP contribution in [0.2, 0.25) is 0 Å².